The molecule has 0 amide bonds. The van der Waals surface area contributed by atoms with Crippen LogP contribution in [-0.4, -0.2) is 41.0 Å². The number of hydrogen-bond donors (Lipinski definition) is 2. The molecule has 4 aromatic rings. The van der Waals surface area contributed by atoms with Crippen molar-refractivity contribution in [1.82, 2.24) is 20.2 Å². The second kappa shape index (κ2) is 11.0. The Kier molecular flexibility index (Phi) is 7.73. The number of benzene rings is 3. The third kappa shape index (κ3) is 4.96. The van der Waals surface area contributed by atoms with E-state index in [4.69, 9.17) is 28.2 Å². The summed E-state index contributed by atoms with van der Waals surface area (Å²) in [6.45, 7) is 10.5. The second-order valence-electron chi connectivity index (χ2n) is 10.2. The molecule has 3 aromatic carbocycles. The molecule has 1 aromatic heterocycles. The Bertz CT molecular complexity index is 1300. The Labute approximate surface area is 230 Å². The summed E-state index contributed by atoms with van der Waals surface area (Å²) in [6, 6.07) is 26.9. The van der Waals surface area contributed by atoms with E-state index in [-0.39, 0.29) is 11.8 Å². The molecule has 37 heavy (non-hydrogen) atoms. The van der Waals surface area contributed by atoms with E-state index in [2.05, 4.69) is 84.5 Å². The number of hydrogen-bond acceptors (Lipinski definition) is 3. The summed E-state index contributed by atoms with van der Waals surface area (Å²) in [4.78, 5) is 11.7. The van der Waals surface area contributed by atoms with Crippen LogP contribution in [0.1, 0.15) is 42.3 Å². The lowest BCUT2D eigenvalue weighted by atomic mass is 9.65. The van der Waals surface area contributed by atoms with Gasteiger partial charge in [0.1, 0.15) is 5.82 Å². The van der Waals surface area contributed by atoms with Gasteiger partial charge in [-0.2, -0.15) is 0 Å². The molecule has 1 saturated heterocycles. The van der Waals surface area contributed by atoms with Gasteiger partial charge in [-0.15, -0.1) is 0 Å². The number of aryl methyl sites for hydroxylation is 1. The number of nitrogens with zero attached hydrogens (tertiary/aromatic N) is 2. The molecule has 1 aliphatic heterocycles. The maximum Gasteiger partial charge on any atom is 0.137 e. The lowest BCUT2D eigenvalue weighted by molar-refractivity contribution is 0.0108. The van der Waals surface area contributed by atoms with E-state index in [9.17, 15) is 0 Å². The minimum absolute atomic E-state index is 0.0476. The molecule has 2 heterocycles. The number of nitrogens with one attached hydrogen (secondary N) is 2. The van der Waals surface area contributed by atoms with Crippen molar-refractivity contribution in [3.05, 3.63) is 111 Å². The first-order chi connectivity index (χ1) is 17.9. The fraction of sp³-hybridized carbons (Fsp3) is 0.323. The van der Waals surface area contributed by atoms with Gasteiger partial charge in [0.25, 0.3) is 0 Å². The van der Waals surface area contributed by atoms with Crippen molar-refractivity contribution in [2.24, 2.45) is 5.92 Å². The Balaban J connectivity index is 1.83. The molecule has 4 nitrogen and oxygen atoms in total. The number of imidazole rings is 1. The molecule has 1 fully saturated rings. The van der Waals surface area contributed by atoms with Gasteiger partial charge in [-0.05, 0) is 48.2 Å². The van der Waals surface area contributed by atoms with E-state index in [0.29, 0.717) is 0 Å². The van der Waals surface area contributed by atoms with Gasteiger partial charge in [0.05, 0.1) is 11.2 Å². The van der Waals surface area contributed by atoms with Gasteiger partial charge in [0.2, 0.25) is 0 Å². The van der Waals surface area contributed by atoms with E-state index >= 15 is 0 Å². The Morgan fingerprint density at radius 2 is 1.43 bits per heavy atom. The van der Waals surface area contributed by atoms with Crippen LogP contribution in [0, 0.1) is 12.8 Å². The fourth-order valence-corrected chi connectivity index (χ4v) is 6.53. The summed E-state index contributed by atoms with van der Waals surface area (Å²) in [5.41, 5.74) is 5.10. The maximum absolute atomic E-state index is 6.61. The van der Waals surface area contributed by atoms with Crippen LogP contribution in [0.3, 0.4) is 0 Å². The largest absolute Gasteiger partial charge is 0.342 e. The van der Waals surface area contributed by atoms with E-state index in [0.717, 1.165) is 70.1 Å². The highest BCUT2D eigenvalue weighted by molar-refractivity contribution is 6.31. The van der Waals surface area contributed by atoms with Crippen LogP contribution in [0.15, 0.2) is 78.9 Å². The van der Waals surface area contributed by atoms with Crippen molar-refractivity contribution < 1.29 is 0 Å². The first kappa shape index (κ1) is 26.0. The number of aromatic nitrogens is 2. The van der Waals surface area contributed by atoms with E-state index < -0.39 is 5.54 Å². The highest BCUT2D eigenvalue weighted by atomic mass is 35.5. The molecule has 0 radical (unpaired) electrons. The standard InChI is InChI=1S/C31H34Cl2N4/c1-21(2)31(37-17-15-34-16-18-37,29-22(3)35-30(36-29)23-9-5-4-6-10-23)28(24-11-7-13-26(32)19-24)25-12-8-14-27(33)20-25/h4-14,19-21,28,34H,15-18H2,1-3H3,(H,35,36). The van der Waals surface area contributed by atoms with E-state index in [1.165, 1.54) is 0 Å². The van der Waals surface area contributed by atoms with Crippen LogP contribution in [0.2, 0.25) is 10.0 Å². The number of H-pyrrole nitrogens is 1. The lowest BCUT2D eigenvalue weighted by Crippen LogP contribution is -2.60. The Morgan fingerprint density at radius 1 is 0.838 bits per heavy atom. The maximum atomic E-state index is 6.61. The summed E-state index contributed by atoms with van der Waals surface area (Å²) >= 11 is 13.2. The predicted octanol–water partition coefficient (Wildman–Crippen LogP) is 7.28. The summed E-state index contributed by atoms with van der Waals surface area (Å²) in [5, 5.41) is 5.00. The minimum Gasteiger partial charge on any atom is -0.342 e. The molecule has 0 saturated carbocycles. The normalized spacial score (nSPS) is 16.3. The topological polar surface area (TPSA) is 44.0 Å². The quantitative estimate of drug-likeness (QED) is 0.262. The molecule has 0 spiro atoms. The zero-order valence-electron chi connectivity index (χ0n) is 21.6. The van der Waals surface area contributed by atoms with E-state index in [1.807, 2.05) is 30.3 Å². The molecule has 5 rings (SSSR count). The van der Waals surface area contributed by atoms with Gasteiger partial charge in [-0.25, -0.2) is 4.98 Å². The minimum atomic E-state index is -0.453. The average molecular weight is 534 g/mol. The van der Waals surface area contributed by atoms with Gasteiger partial charge >= 0.3 is 0 Å². The van der Waals surface area contributed by atoms with Crippen molar-refractivity contribution in [2.75, 3.05) is 26.2 Å². The molecule has 1 unspecified atom stereocenters. The van der Waals surface area contributed by atoms with Gasteiger partial charge in [-0.3, -0.25) is 4.90 Å². The van der Waals surface area contributed by atoms with Crippen LogP contribution in [0.25, 0.3) is 11.4 Å². The zero-order chi connectivity index (χ0) is 26.0. The fourth-order valence-electron chi connectivity index (χ4n) is 6.13. The summed E-state index contributed by atoms with van der Waals surface area (Å²) in [5.74, 6) is 1.07. The summed E-state index contributed by atoms with van der Waals surface area (Å²) < 4.78 is 0. The van der Waals surface area contributed by atoms with Crippen LogP contribution in [0.5, 0.6) is 0 Å². The second-order valence-corrected chi connectivity index (χ2v) is 11.1. The molecule has 1 atom stereocenters. The average Bonchev–Trinajstić information content (AvgIpc) is 3.29. The molecule has 192 valence electrons. The van der Waals surface area contributed by atoms with Crippen LogP contribution < -0.4 is 5.32 Å². The molecule has 2 N–H and O–H groups in total. The van der Waals surface area contributed by atoms with Gasteiger partial charge < -0.3 is 10.3 Å². The smallest absolute Gasteiger partial charge is 0.137 e. The first-order valence-electron chi connectivity index (χ1n) is 13.0. The Morgan fingerprint density at radius 3 is 1.97 bits per heavy atom. The predicted molar refractivity (Wildman–Crippen MR) is 154 cm³/mol. The van der Waals surface area contributed by atoms with Crippen LogP contribution in [0.4, 0.5) is 0 Å². The number of halogens is 2. The van der Waals surface area contributed by atoms with Crippen molar-refractivity contribution in [3.8, 4) is 11.4 Å². The van der Waals surface area contributed by atoms with E-state index in [1.54, 1.807) is 0 Å². The van der Waals surface area contributed by atoms with Crippen molar-refractivity contribution in [1.29, 1.82) is 0 Å². The molecule has 1 aliphatic rings. The molecule has 6 heteroatoms. The molecular weight excluding hydrogens is 499 g/mol. The highest BCUT2D eigenvalue weighted by Gasteiger charge is 2.52. The van der Waals surface area contributed by atoms with Crippen molar-refractivity contribution in [2.45, 2.75) is 32.2 Å². The van der Waals surface area contributed by atoms with Gasteiger partial charge in [0.15, 0.2) is 0 Å². The summed E-state index contributed by atoms with van der Waals surface area (Å²) in [7, 11) is 0. The molecular formula is C31H34Cl2N4. The zero-order valence-corrected chi connectivity index (χ0v) is 23.2. The van der Waals surface area contributed by atoms with Crippen molar-refractivity contribution in [3.63, 3.8) is 0 Å². The van der Waals surface area contributed by atoms with Gasteiger partial charge in [0, 0.05) is 53.4 Å². The van der Waals surface area contributed by atoms with Crippen LogP contribution >= 0.6 is 23.2 Å². The number of piperazine rings is 1. The molecule has 0 bridgehead atoms. The third-order valence-electron chi connectivity index (χ3n) is 7.64. The monoisotopic (exact) mass is 532 g/mol. The lowest BCUT2D eigenvalue weighted by Gasteiger charge is -2.53. The first-order valence-corrected chi connectivity index (χ1v) is 13.8. The number of aromatic amines is 1. The highest BCUT2D eigenvalue weighted by Crippen LogP contribution is 2.52. The Hall–Kier alpha value is -2.63. The molecule has 0 aliphatic carbocycles. The SMILES string of the molecule is Cc1[nH]c(-c2ccccc2)nc1C(C(C)C)(C(c1cccc(Cl)c1)c1cccc(Cl)c1)N1CCNCC1. The summed E-state index contributed by atoms with van der Waals surface area (Å²) in [6.07, 6.45) is 0. The van der Waals surface area contributed by atoms with Crippen molar-refractivity contribution >= 4 is 23.2 Å². The van der Waals surface area contributed by atoms with Crippen LogP contribution in [-0.2, 0) is 5.54 Å². The van der Waals surface area contributed by atoms with Gasteiger partial charge in [-0.1, -0.05) is 91.6 Å². The third-order valence-corrected chi connectivity index (χ3v) is 8.11. The number of rotatable bonds is 7.